The molecule has 0 aromatic carbocycles. The highest BCUT2D eigenvalue weighted by Gasteiger charge is 2.28. The van der Waals surface area contributed by atoms with Crippen LogP contribution in [0, 0.1) is 5.92 Å². The van der Waals surface area contributed by atoms with Crippen LogP contribution in [-0.2, 0) is 4.74 Å². The SMILES string of the molecule is CC.CC1CCCN(C2COC2)C1. The van der Waals surface area contributed by atoms with Crippen LogP contribution in [0.3, 0.4) is 0 Å². The Labute approximate surface area is 82.3 Å². The molecule has 0 amide bonds. The lowest BCUT2D eigenvalue weighted by Crippen LogP contribution is -2.52. The van der Waals surface area contributed by atoms with Gasteiger partial charge < -0.3 is 4.74 Å². The first-order valence-corrected chi connectivity index (χ1v) is 5.68. The van der Waals surface area contributed by atoms with Crippen LogP contribution in [0.2, 0.25) is 0 Å². The molecule has 2 aliphatic heterocycles. The van der Waals surface area contributed by atoms with Crippen LogP contribution < -0.4 is 0 Å². The van der Waals surface area contributed by atoms with Gasteiger partial charge >= 0.3 is 0 Å². The standard InChI is InChI=1S/C9H17NO.C2H6/c1-8-3-2-4-10(5-8)9-6-11-7-9;1-2/h8-9H,2-7H2,1H3;1-2H3. The average Bonchev–Trinajstić information content (AvgIpc) is 2.05. The van der Waals surface area contributed by atoms with E-state index >= 15 is 0 Å². The Kier molecular flexibility index (Phi) is 4.74. The van der Waals surface area contributed by atoms with E-state index in [1.807, 2.05) is 13.8 Å². The van der Waals surface area contributed by atoms with Crippen LogP contribution in [0.25, 0.3) is 0 Å². The molecular formula is C11H23NO. The monoisotopic (exact) mass is 185 g/mol. The number of piperidine rings is 1. The lowest BCUT2D eigenvalue weighted by Gasteiger charge is -2.41. The fourth-order valence-corrected chi connectivity index (χ4v) is 1.99. The molecule has 13 heavy (non-hydrogen) atoms. The van der Waals surface area contributed by atoms with Gasteiger partial charge in [-0.25, -0.2) is 0 Å². The number of nitrogens with zero attached hydrogens (tertiary/aromatic N) is 1. The number of likely N-dealkylation sites (tertiary alicyclic amines) is 1. The Morgan fingerprint density at radius 3 is 2.38 bits per heavy atom. The first-order valence-electron chi connectivity index (χ1n) is 5.68. The van der Waals surface area contributed by atoms with Crippen molar-refractivity contribution in [2.24, 2.45) is 5.92 Å². The highest BCUT2D eigenvalue weighted by molar-refractivity contribution is 4.81. The molecule has 1 unspecified atom stereocenters. The molecule has 0 saturated carbocycles. The van der Waals surface area contributed by atoms with Crippen molar-refractivity contribution in [2.75, 3.05) is 26.3 Å². The summed E-state index contributed by atoms with van der Waals surface area (Å²) in [5.74, 6) is 0.907. The van der Waals surface area contributed by atoms with E-state index in [9.17, 15) is 0 Å². The molecular weight excluding hydrogens is 162 g/mol. The molecule has 2 aliphatic rings. The molecule has 2 nitrogen and oxygen atoms in total. The second-order valence-electron chi connectivity index (χ2n) is 3.93. The lowest BCUT2D eigenvalue weighted by atomic mass is 9.98. The van der Waals surface area contributed by atoms with Crippen molar-refractivity contribution in [3.05, 3.63) is 0 Å². The van der Waals surface area contributed by atoms with Gasteiger partial charge in [-0.3, -0.25) is 4.90 Å². The smallest absolute Gasteiger partial charge is 0.0645 e. The van der Waals surface area contributed by atoms with Crippen LogP contribution >= 0.6 is 0 Å². The molecule has 0 aliphatic carbocycles. The third kappa shape index (κ3) is 2.96. The van der Waals surface area contributed by atoms with Crippen LogP contribution in [0.1, 0.15) is 33.6 Å². The van der Waals surface area contributed by atoms with Crippen molar-refractivity contribution >= 4 is 0 Å². The topological polar surface area (TPSA) is 12.5 Å². The van der Waals surface area contributed by atoms with Gasteiger partial charge in [0.1, 0.15) is 0 Å². The molecule has 2 rings (SSSR count). The maximum Gasteiger partial charge on any atom is 0.0645 e. The van der Waals surface area contributed by atoms with Gasteiger partial charge in [-0.1, -0.05) is 20.8 Å². The van der Waals surface area contributed by atoms with Crippen molar-refractivity contribution in [3.8, 4) is 0 Å². The van der Waals surface area contributed by atoms with Crippen molar-refractivity contribution in [1.82, 2.24) is 4.90 Å². The Hall–Kier alpha value is -0.0800. The van der Waals surface area contributed by atoms with Gasteiger partial charge in [0.05, 0.1) is 19.3 Å². The summed E-state index contributed by atoms with van der Waals surface area (Å²) in [6.07, 6.45) is 2.81. The van der Waals surface area contributed by atoms with Crippen LogP contribution in [0.15, 0.2) is 0 Å². The quantitative estimate of drug-likeness (QED) is 0.620. The maximum absolute atomic E-state index is 5.18. The fourth-order valence-electron chi connectivity index (χ4n) is 1.99. The van der Waals surface area contributed by atoms with Gasteiger partial charge in [-0.2, -0.15) is 0 Å². The lowest BCUT2D eigenvalue weighted by molar-refractivity contribution is -0.0752. The summed E-state index contributed by atoms with van der Waals surface area (Å²) in [7, 11) is 0. The van der Waals surface area contributed by atoms with Crippen LogP contribution in [0.5, 0.6) is 0 Å². The molecule has 0 spiro atoms. The van der Waals surface area contributed by atoms with Gasteiger partial charge in [0.25, 0.3) is 0 Å². The van der Waals surface area contributed by atoms with Gasteiger partial charge in [-0.05, 0) is 25.3 Å². The minimum Gasteiger partial charge on any atom is -0.378 e. The zero-order valence-electron chi connectivity index (χ0n) is 9.25. The minimum absolute atomic E-state index is 0.762. The largest absolute Gasteiger partial charge is 0.378 e. The third-order valence-corrected chi connectivity index (χ3v) is 2.83. The number of hydrogen-bond acceptors (Lipinski definition) is 2. The van der Waals surface area contributed by atoms with Gasteiger partial charge in [0, 0.05) is 6.54 Å². The second kappa shape index (κ2) is 5.61. The van der Waals surface area contributed by atoms with Gasteiger partial charge in [0.15, 0.2) is 0 Å². The summed E-state index contributed by atoms with van der Waals surface area (Å²) < 4.78 is 5.18. The fraction of sp³-hybridized carbons (Fsp3) is 1.00. The summed E-state index contributed by atoms with van der Waals surface area (Å²) in [6.45, 7) is 10.9. The Balaban J connectivity index is 0.000000396. The molecule has 0 N–H and O–H groups in total. The zero-order chi connectivity index (χ0) is 9.68. The molecule has 0 aromatic heterocycles. The molecule has 78 valence electrons. The first-order chi connectivity index (χ1) is 6.36. The van der Waals surface area contributed by atoms with E-state index in [-0.39, 0.29) is 0 Å². The molecule has 2 heterocycles. The average molecular weight is 185 g/mol. The normalized spacial score (nSPS) is 30.2. The molecule has 0 aromatic rings. The van der Waals surface area contributed by atoms with E-state index in [0.29, 0.717) is 0 Å². The van der Waals surface area contributed by atoms with Gasteiger partial charge in [0.2, 0.25) is 0 Å². The van der Waals surface area contributed by atoms with Crippen LogP contribution in [-0.4, -0.2) is 37.2 Å². The summed E-state index contributed by atoms with van der Waals surface area (Å²) in [6, 6.07) is 0.762. The zero-order valence-corrected chi connectivity index (χ0v) is 9.25. The Morgan fingerprint density at radius 2 is 1.92 bits per heavy atom. The van der Waals surface area contributed by atoms with Crippen molar-refractivity contribution in [2.45, 2.75) is 39.7 Å². The van der Waals surface area contributed by atoms with E-state index in [1.54, 1.807) is 0 Å². The molecule has 0 radical (unpaired) electrons. The second-order valence-corrected chi connectivity index (χ2v) is 3.93. The van der Waals surface area contributed by atoms with E-state index in [2.05, 4.69) is 11.8 Å². The Bertz CT molecular complexity index is 134. The van der Waals surface area contributed by atoms with E-state index < -0.39 is 0 Å². The van der Waals surface area contributed by atoms with Crippen LogP contribution in [0.4, 0.5) is 0 Å². The van der Waals surface area contributed by atoms with Crippen molar-refractivity contribution in [1.29, 1.82) is 0 Å². The first kappa shape index (κ1) is 11.0. The highest BCUT2D eigenvalue weighted by atomic mass is 16.5. The maximum atomic E-state index is 5.18. The summed E-state index contributed by atoms with van der Waals surface area (Å²) in [5, 5.41) is 0. The molecule has 2 heteroatoms. The number of rotatable bonds is 1. The number of hydrogen-bond donors (Lipinski definition) is 0. The Morgan fingerprint density at radius 1 is 1.23 bits per heavy atom. The molecule has 2 fully saturated rings. The number of ether oxygens (including phenoxy) is 1. The van der Waals surface area contributed by atoms with Crippen molar-refractivity contribution in [3.63, 3.8) is 0 Å². The molecule has 0 bridgehead atoms. The molecule has 1 atom stereocenters. The highest BCUT2D eigenvalue weighted by Crippen LogP contribution is 2.20. The van der Waals surface area contributed by atoms with E-state index in [1.165, 1.54) is 25.9 Å². The third-order valence-electron chi connectivity index (χ3n) is 2.83. The van der Waals surface area contributed by atoms with E-state index in [0.717, 1.165) is 25.2 Å². The predicted octanol–water partition coefficient (Wildman–Crippen LogP) is 2.14. The predicted molar refractivity (Wildman–Crippen MR) is 55.9 cm³/mol. The summed E-state index contributed by atoms with van der Waals surface area (Å²) in [4.78, 5) is 2.59. The van der Waals surface area contributed by atoms with E-state index in [4.69, 9.17) is 4.74 Å². The molecule has 2 saturated heterocycles. The van der Waals surface area contributed by atoms with Gasteiger partial charge in [-0.15, -0.1) is 0 Å². The summed E-state index contributed by atoms with van der Waals surface area (Å²) in [5.41, 5.74) is 0. The minimum atomic E-state index is 0.762. The summed E-state index contributed by atoms with van der Waals surface area (Å²) >= 11 is 0. The van der Waals surface area contributed by atoms with Crippen molar-refractivity contribution < 1.29 is 4.74 Å².